The smallest absolute Gasteiger partial charge is 0.160 e. The molecule has 1 heterocycles. The van der Waals surface area contributed by atoms with E-state index in [0.29, 0.717) is 29.2 Å². The third-order valence-electron chi connectivity index (χ3n) is 9.11. The molecule has 3 nitrogen and oxygen atoms in total. The molecule has 0 amide bonds. The Hall–Kier alpha value is -3.24. The molecule has 4 heteroatoms. The summed E-state index contributed by atoms with van der Waals surface area (Å²) >= 11 is 0. The van der Waals surface area contributed by atoms with Crippen molar-refractivity contribution in [2.75, 3.05) is 17.0 Å². The summed E-state index contributed by atoms with van der Waals surface area (Å²) in [6, 6.07) is 26.4. The molecule has 190 valence electrons. The SMILES string of the molecule is COc1ccc(C2=CC=C[C@@H]3C([Si](C)(C)N4c5ccccc5Nc5ccccc54)[C@H](C(C)C)C[C@H]23)cc1. The minimum Gasteiger partial charge on any atom is -0.497 e. The van der Waals surface area contributed by atoms with E-state index in [2.05, 4.69) is 128 Å². The van der Waals surface area contributed by atoms with Crippen LogP contribution in [-0.2, 0) is 0 Å². The summed E-state index contributed by atoms with van der Waals surface area (Å²) in [6.07, 6.45) is 8.49. The molecule has 4 atom stereocenters. The zero-order valence-corrected chi connectivity index (χ0v) is 23.6. The summed E-state index contributed by atoms with van der Waals surface area (Å²) < 4.78 is 8.21. The van der Waals surface area contributed by atoms with Gasteiger partial charge >= 0.3 is 0 Å². The average molecular weight is 507 g/mol. The Kier molecular flexibility index (Phi) is 6.03. The Morgan fingerprint density at radius 1 is 0.892 bits per heavy atom. The van der Waals surface area contributed by atoms with Crippen molar-refractivity contribution < 1.29 is 4.74 Å². The monoisotopic (exact) mass is 506 g/mol. The van der Waals surface area contributed by atoms with Crippen molar-refractivity contribution in [3.63, 3.8) is 0 Å². The van der Waals surface area contributed by atoms with E-state index < -0.39 is 8.24 Å². The van der Waals surface area contributed by atoms with Gasteiger partial charge in [0.05, 0.1) is 29.9 Å². The Morgan fingerprint density at radius 2 is 1.51 bits per heavy atom. The van der Waals surface area contributed by atoms with Gasteiger partial charge in [0.25, 0.3) is 0 Å². The van der Waals surface area contributed by atoms with Gasteiger partial charge < -0.3 is 14.6 Å². The molecule has 3 aromatic carbocycles. The average Bonchev–Trinajstić information content (AvgIpc) is 3.33. The highest BCUT2D eigenvalue weighted by Crippen LogP contribution is 2.61. The van der Waals surface area contributed by atoms with Crippen molar-refractivity contribution in [1.29, 1.82) is 0 Å². The number of methoxy groups -OCH3 is 1. The van der Waals surface area contributed by atoms with E-state index in [1.54, 1.807) is 7.11 Å². The number of rotatable bonds is 5. The summed E-state index contributed by atoms with van der Waals surface area (Å²) in [5, 5.41) is 3.71. The molecule has 2 aliphatic carbocycles. The summed E-state index contributed by atoms with van der Waals surface area (Å²) in [5.74, 6) is 3.33. The van der Waals surface area contributed by atoms with E-state index in [1.807, 2.05) is 0 Å². The summed E-state index contributed by atoms with van der Waals surface area (Å²) in [7, 11) is -0.319. The van der Waals surface area contributed by atoms with E-state index >= 15 is 0 Å². The number of hydrogen-bond donors (Lipinski definition) is 1. The molecule has 0 saturated heterocycles. The molecule has 0 spiro atoms. The van der Waals surface area contributed by atoms with E-state index in [0.717, 1.165) is 5.75 Å². The molecule has 1 N–H and O–H groups in total. The minimum atomic E-state index is -2.06. The molecule has 3 aliphatic rings. The number of hydrogen-bond acceptors (Lipinski definition) is 3. The number of nitrogens with zero attached hydrogens (tertiary/aromatic N) is 1. The predicted molar refractivity (Wildman–Crippen MR) is 160 cm³/mol. The van der Waals surface area contributed by atoms with Gasteiger partial charge in [0, 0.05) is 0 Å². The molecule has 1 unspecified atom stereocenters. The van der Waals surface area contributed by atoms with Crippen LogP contribution in [0, 0.1) is 23.7 Å². The largest absolute Gasteiger partial charge is 0.497 e. The van der Waals surface area contributed by atoms with Crippen molar-refractivity contribution in [3.8, 4) is 5.75 Å². The second-order valence-electron chi connectivity index (χ2n) is 11.7. The van der Waals surface area contributed by atoms with Crippen LogP contribution >= 0.6 is 0 Å². The first-order chi connectivity index (χ1) is 17.9. The predicted octanol–water partition coefficient (Wildman–Crippen LogP) is 9.03. The van der Waals surface area contributed by atoms with E-state index in [1.165, 1.54) is 40.3 Å². The number of nitrogens with one attached hydrogen (secondary N) is 1. The normalized spacial score (nSPS) is 24.2. The maximum Gasteiger partial charge on any atom is 0.160 e. The van der Waals surface area contributed by atoms with Gasteiger partial charge in [-0.05, 0) is 83.2 Å². The maximum absolute atomic E-state index is 5.44. The Morgan fingerprint density at radius 3 is 2.11 bits per heavy atom. The Labute approximate surface area is 223 Å². The molecule has 37 heavy (non-hydrogen) atoms. The first-order valence-corrected chi connectivity index (χ1v) is 16.7. The molecule has 0 radical (unpaired) electrons. The lowest BCUT2D eigenvalue weighted by Crippen LogP contribution is -2.54. The fourth-order valence-corrected chi connectivity index (χ4v) is 12.3. The number of fused-ring (bicyclic) bond motifs is 3. The first kappa shape index (κ1) is 24.1. The van der Waals surface area contributed by atoms with Crippen LogP contribution in [-0.4, -0.2) is 15.3 Å². The van der Waals surface area contributed by atoms with Crippen molar-refractivity contribution >= 4 is 36.6 Å². The van der Waals surface area contributed by atoms with Gasteiger partial charge in [-0.25, -0.2) is 0 Å². The van der Waals surface area contributed by atoms with Crippen molar-refractivity contribution in [2.24, 2.45) is 23.7 Å². The van der Waals surface area contributed by atoms with E-state index in [9.17, 15) is 0 Å². The van der Waals surface area contributed by atoms with Crippen LogP contribution in [0.25, 0.3) is 5.57 Å². The first-order valence-electron chi connectivity index (χ1n) is 13.7. The van der Waals surface area contributed by atoms with Gasteiger partial charge in [0.1, 0.15) is 5.75 Å². The lowest BCUT2D eigenvalue weighted by Gasteiger charge is -2.50. The summed E-state index contributed by atoms with van der Waals surface area (Å²) in [5.41, 5.74) is 8.56. The molecular formula is C33H38N2OSi. The molecule has 1 fully saturated rings. The van der Waals surface area contributed by atoms with Crippen LogP contribution in [0.1, 0.15) is 25.8 Å². The fourth-order valence-electron chi connectivity index (χ4n) is 7.50. The summed E-state index contributed by atoms with van der Waals surface area (Å²) in [4.78, 5) is 0. The number of benzene rings is 3. The van der Waals surface area contributed by atoms with Crippen LogP contribution in [0.5, 0.6) is 5.75 Å². The second kappa shape index (κ2) is 9.25. The van der Waals surface area contributed by atoms with Gasteiger partial charge in [-0.15, -0.1) is 0 Å². The second-order valence-corrected chi connectivity index (χ2v) is 16.2. The minimum absolute atomic E-state index is 0.547. The molecule has 1 aliphatic heterocycles. The zero-order chi connectivity index (χ0) is 25.7. The van der Waals surface area contributed by atoms with Gasteiger partial charge in [0.2, 0.25) is 0 Å². The number of ether oxygens (including phenoxy) is 1. The van der Waals surface area contributed by atoms with Crippen LogP contribution in [0.4, 0.5) is 22.7 Å². The number of anilines is 4. The third-order valence-corrected chi connectivity index (χ3v) is 13.2. The third kappa shape index (κ3) is 3.93. The van der Waals surface area contributed by atoms with Gasteiger partial charge in [-0.1, -0.05) is 81.6 Å². The molecular weight excluding hydrogens is 468 g/mol. The highest BCUT2D eigenvalue weighted by atomic mass is 28.3. The Balaban J connectivity index is 1.44. The molecule has 3 aromatic rings. The number of allylic oxidation sites excluding steroid dienone is 4. The lowest BCUT2D eigenvalue weighted by molar-refractivity contribution is 0.379. The van der Waals surface area contributed by atoms with Gasteiger partial charge in [0.15, 0.2) is 8.24 Å². The van der Waals surface area contributed by atoms with Gasteiger partial charge in [-0.3, -0.25) is 0 Å². The standard InChI is InChI=1S/C33H38N2OSi/c1-22(2)27-21-28-25(23-17-19-24(36-3)20-18-23)11-10-12-26(28)33(27)37(4,5)35-31-15-8-6-13-29(31)34-30-14-7-9-16-32(30)35/h6-20,22,26-28,33-34H,21H2,1-5H3/t26-,27-,28+,33?/m0/s1. The van der Waals surface area contributed by atoms with E-state index in [4.69, 9.17) is 4.74 Å². The van der Waals surface area contributed by atoms with Gasteiger partial charge in [-0.2, -0.15) is 0 Å². The zero-order valence-electron chi connectivity index (χ0n) is 22.6. The topological polar surface area (TPSA) is 24.5 Å². The fraction of sp³-hybridized carbons (Fsp3) is 0.333. The van der Waals surface area contributed by atoms with Crippen LogP contribution in [0.15, 0.2) is 91.0 Å². The van der Waals surface area contributed by atoms with Crippen LogP contribution < -0.4 is 14.6 Å². The molecule has 1 saturated carbocycles. The van der Waals surface area contributed by atoms with Crippen molar-refractivity contribution in [1.82, 2.24) is 0 Å². The molecule has 0 bridgehead atoms. The highest BCUT2D eigenvalue weighted by molar-refractivity contribution is 6.84. The lowest BCUT2D eigenvalue weighted by atomic mass is 9.81. The highest BCUT2D eigenvalue weighted by Gasteiger charge is 2.55. The maximum atomic E-state index is 5.44. The quantitative estimate of drug-likeness (QED) is 0.349. The van der Waals surface area contributed by atoms with Crippen molar-refractivity contribution in [3.05, 3.63) is 96.6 Å². The van der Waals surface area contributed by atoms with Crippen molar-refractivity contribution in [2.45, 2.75) is 38.9 Å². The van der Waals surface area contributed by atoms with E-state index in [-0.39, 0.29) is 0 Å². The Bertz CT molecular complexity index is 1310. The number of para-hydroxylation sites is 4. The van der Waals surface area contributed by atoms with Crippen LogP contribution in [0.2, 0.25) is 18.6 Å². The van der Waals surface area contributed by atoms with Crippen LogP contribution in [0.3, 0.4) is 0 Å². The summed E-state index contributed by atoms with van der Waals surface area (Å²) in [6.45, 7) is 10.1. The molecule has 6 rings (SSSR count). The molecule has 0 aromatic heterocycles.